The van der Waals surface area contributed by atoms with Gasteiger partial charge < -0.3 is 10.2 Å². The highest BCUT2D eigenvalue weighted by molar-refractivity contribution is 4.87. The Morgan fingerprint density at radius 3 is 2.38 bits per heavy atom. The Morgan fingerprint density at radius 1 is 1.23 bits per heavy atom. The van der Waals surface area contributed by atoms with Crippen LogP contribution in [-0.2, 0) is 0 Å². The summed E-state index contributed by atoms with van der Waals surface area (Å²) in [5.74, 6) is 0. The largest absolute Gasteiger partial charge is 0.311 e. The summed E-state index contributed by atoms with van der Waals surface area (Å²) in [4.78, 5) is 2.25. The van der Waals surface area contributed by atoms with Crippen LogP contribution in [0.2, 0.25) is 0 Å². The Hall–Kier alpha value is -0.0800. The maximum Gasteiger partial charge on any atom is 0.0153 e. The predicted molar refractivity (Wildman–Crippen MR) is 58.0 cm³/mol. The summed E-state index contributed by atoms with van der Waals surface area (Å²) < 4.78 is 0. The highest BCUT2D eigenvalue weighted by Crippen LogP contribution is 2.28. The number of rotatable bonds is 5. The van der Waals surface area contributed by atoms with E-state index in [2.05, 4.69) is 31.2 Å². The highest BCUT2D eigenvalue weighted by atomic mass is 15.1. The van der Waals surface area contributed by atoms with E-state index in [1.54, 1.807) is 0 Å². The van der Waals surface area contributed by atoms with E-state index in [-0.39, 0.29) is 0 Å². The SMILES string of the molecule is CN(C)CCCNC1(C)CCCC1. The molecule has 1 saturated carbocycles. The van der Waals surface area contributed by atoms with Crippen LogP contribution in [-0.4, -0.2) is 37.6 Å². The first kappa shape index (κ1) is 11.0. The normalized spacial score (nSPS) is 21.2. The molecular weight excluding hydrogens is 160 g/mol. The summed E-state index contributed by atoms with van der Waals surface area (Å²) in [5, 5.41) is 3.69. The van der Waals surface area contributed by atoms with Crippen molar-refractivity contribution >= 4 is 0 Å². The van der Waals surface area contributed by atoms with Gasteiger partial charge in [0.15, 0.2) is 0 Å². The van der Waals surface area contributed by atoms with Gasteiger partial charge >= 0.3 is 0 Å². The molecule has 0 spiro atoms. The summed E-state index contributed by atoms with van der Waals surface area (Å²) in [6, 6.07) is 0. The zero-order chi connectivity index (χ0) is 9.73. The van der Waals surface area contributed by atoms with Crippen molar-refractivity contribution in [3.63, 3.8) is 0 Å². The van der Waals surface area contributed by atoms with Gasteiger partial charge in [-0.15, -0.1) is 0 Å². The summed E-state index contributed by atoms with van der Waals surface area (Å²) >= 11 is 0. The predicted octanol–water partition coefficient (Wildman–Crippen LogP) is 1.86. The first-order chi connectivity index (χ1) is 6.12. The van der Waals surface area contributed by atoms with Crippen molar-refractivity contribution in [3.8, 4) is 0 Å². The fourth-order valence-electron chi connectivity index (χ4n) is 2.12. The third kappa shape index (κ3) is 4.10. The lowest BCUT2D eigenvalue weighted by atomic mass is 10.0. The first-order valence-corrected chi connectivity index (χ1v) is 5.52. The molecule has 13 heavy (non-hydrogen) atoms. The molecule has 1 rings (SSSR count). The van der Waals surface area contributed by atoms with Crippen LogP contribution in [0.25, 0.3) is 0 Å². The van der Waals surface area contributed by atoms with Crippen LogP contribution >= 0.6 is 0 Å². The lowest BCUT2D eigenvalue weighted by Gasteiger charge is -2.25. The summed E-state index contributed by atoms with van der Waals surface area (Å²) in [7, 11) is 4.27. The standard InChI is InChI=1S/C11H24N2/c1-11(7-4-5-8-11)12-9-6-10-13(2)3/h12H,4-10H2,1-3H3. The van der Waals surface area contributed by atoms with Gasteiger partial charge in [-0.2, -0.15) is 0 Å². The lowest BCUT2D eigenvalue weighted by Crippen LogP contribution is -2.40. The minimum absolute atomic E-state index is 0.465. The molecule has 1 aliphatic carbocycles. The summed E-state index contributed by atoms with van der Waals surface area (Å²) in [6.07, 6.45) is 6.83. The molecule has 0 atom stereocenters. The average Bonchev–Trinajstić information content (AvgIpc) is 2.47. The van der Waals surface area contributed by atoms with E-state index in [4.69, 9.17) is 0 Å². The number of nitrogens with one attached hydrogen (secondary N) is 1. The number of nitrogens with zero attached hydrogens (tertiary/aromatic N) is 1. The van der Waals surface area contributed by atoms with E-state index < -0.39 is 0 Å². The van der Waals surface area contributed by atoms with Gasteiger partial charge in [0.05, 0.1) is 0 Å². The average molecular weight is 184 g/mol. The minimum atomic E-state index is 0.465. The molecule has 0 amide bonds. The number of hydrogen-bond donors (Lipinski definition) is 1. The molecule has 0 aromatic carbocycles. The Bertz CT molecular complexity index is 137. The Morgan fingerprint density at radius 2 is 1.85 bits per heavy atom. The second-order valence-electron chi connectivity index (χ2n) is 4.85. The molecule has 0 radical (unpaired) electrons. The molecule has 0 unspecified atom stereocenters. The molecule has 78 valence electrons. The molecule has 0 saturated heterocycles. The Labute approximate surface area is 82.7 Å². The molecule has 0 aromatic heterocycles. The lowest BCUT2D eigenvalue weighted by molar-refractivity contribution is 0.337. The summed E-state index contributed by atoms with van der Waals surface area (Å²) in [6.45, 7) is 4.74. The first-order valence-electron chi connectivity index (χ1n) is 5.52. The van der Waals surface area contributed by atoms with Crippen molar-refractivity contribution in [1.82, 2.24) is 10.2 Å². The van der Waals surface area contributed by atoms with Gasteiger partial charge in [0.2, 0.25) is 0 Å². The smallest absolute Gasteiger partial charge is 0.0153 e. The van der Waals surface area contributed by atoms with E-state index in [1.807, 2.05) is 0 Å². The molecule has 1 N–H and O–H groups in total. The Balaban J connectivity index is 2.04. The highest BCUT2D eigenvalue weighted by Gasteiger charge is 2.27. The van der Waals surface area contributed by atoms with Crippen molar-refractivity contribution in [3.05, 3.63) is 0 Å². The molecule has 1 aliphatic rings. The molecular formula is C11H24N2. The van der Waals surface area contributed by atoms with E-state index in [1.165, 1.54) is 45.2 Å². The van der Waals surface area contributed by atoms with E-state index in [0.717, 1.165) is 0 Å². The molecule has 0 aromatic rings. The third-order valence-corrected chi connectivity index (χ3v) is 3.04. The third-order valence-electron chi connectivity index (χ3n) is 3.04. The molecule has 2 heteroatoms. The van der Waals surface area contributed by atoms with Gasteiger partial charge in [0.1, 0.15) is 0 Å². The van der Waals surface area contributed by atoms with E-state index >= 15 is 0 Å². The topological polar surface area (TPSA) is 15.3 Å². The van der Waals surface area contributed by atoms with Crippen LogP contribution in [0, 0.1) is 0 Å². The second-order valence-corrected chi connectivity index (χ2v) is 4.85. The molecule has 1 fully saturated rings. The zero-order valence-electron chi connectivity index (χ0n) is 9.40. The van der Waals surface area contributed by atoms with Crippen molar-refractivity contribution in [2.75, 3.05) is 27.2 Å². The monoisotopic (exact) mass is 184 g/mol. The second kappa shape index (κ2) is 4.97. The van der Waals surface area contributed by atoms with Gasteiger partial charge in [0.25, 0.3) is 0 Å². The van der Waals surface area contributed by atoms with Crippen molar-refractivity contribution in [2.24, 2.45) is 0 Å². The number of hydrogen-bond acceptors (Lipinski definition) is 2. The molecule has 0 bridgehead atoms. The molecule has 2 nitrogen and oxygen atoms in total. The van der Waals surface area contributed by atoms with Crippen LogP contribution in [0.1, 0.15) is 39.0 Å². The van der Waals surface area contributed by atoms with Crippen LogP contribution in [0.3, 0.4) is 0 Å². The minimum Gasteiger partial charge on any atom is -0.311 e. The zero-order valence-corrected chi connectivity index (χ0v) is 9.40. The van der Waals surface area contributed by atoms with Gasteiger partial charge in [-0.3, -0.25) is 0 Å². The van der Waals surface area contributed by atoms with Crippen molar-refractivity contribution in [1.29, 1.82) is 0 Å². The van der Waals surface area contributed by atoms with Gasteiger partial charge in [-0.25, -0.2) is 0 Å². The van der Waals surface area contributed by atoms with Crippen LogP contribution in [0.5, 0.6) is 0 Å². The van der Waals surface area contributed by atoms with Crippen LogP contribution in [0.15, 0.2) is 0 Å². The van der Waals surface area contributed by atoms with Gasteiger partial charge in [-0.05, 0) is 53.4 Å². The van der Waals surface area contributed by atoms with Crippen LogP contribution in [0.4, 0.5) is 0 Å². The fourth-order valence-corrected chi connectivity index (χ4v) is 2.12. The quantitative estimate of drug-likeness (QED) is 0.656. The maximum absolute atomic E-state index is 3.69. The fraction of sp³-hybridized carbons (Fsp3) is 1.00. The van der Waals surface area contributed by atoms with Gasteiger partial charge in [-0.1, -0.05) is 12.8 Å². The Kier molecular flexibility index (Phi) is 4.20. The van der Waals surface area contributed by atoms with Crippen molar-refractivity contribution in [2.45, 2.75) is 44.6 Å². The molecule has 0 heterocycles. The van der Waals surface area contributed by atoms with Gasteiger partial charge in [0, 0.05) is 5.54 Å². The maximum atomic E-state index is 3.69. The summed E-state index contributed by atoms with van der Waals surface area (Å²) in [5.41, 5.74) is 0.465. The van der Waals surface area contributed by atoms with Crippen LogP contribution < -0.4 is 5.32 Å². The van der Waals surface area contributed by atoms with Crippen molar-refractivity contribution < 1.29 is 0 Å². The van der Waals surface area contributed by atoms with E-state index in [0.29, 0.717) is 5.54 Å². The molecule has 0 aliphatic heterocycles. The van der Waals surface area contributed by atoms with E-state index in [9.17, 15) is 0 Å².